The molecular weight excluding hydrogens is 562 g/mol. The first-order valence-electron chi connectivity index (χ1n) is 15.1. The van der Waals surface area contributed by atoms with Gasteiger partial charge in [-0.05, 0) is 66.8 Å². The third-order valence-corrected chi connectivity index (χ3v) is 7.35. The van der Waals surface area contributed by atoms with E-state index in [1.54, 1.807) is 4.90 Å². The number of hydrogen-bond donors (Lipinski definition) is 2. The van der Waals surface area contributed by atoms with E-state index < -0.39 is 5.79 Å². The number of carbonyl (C=O) groups is 2. The van der Waals surface area contributed by atoms with E-state index in [1.807, 2.05) is 86.6 Å². The first-order chi connectivity index (χ1) is 21.3. The summed E-state index contributed by atoms with van der Waals surface area (Å²) in [6.07, 6.45) is 2.19. The highest BCUT2D eigenvalue weighted by atomic mass is 16.7. The van der Waals surface area contributed by atoms with Gasteiger partial charge < -0.3 is 39.2 Å². The van der Waals surface area contributed by atoms with Gasteiger partial charge in [0.2, 0.25) is 5.79 Å². The number of ether oxygens (including phenoxy) is 5. The molecule has 1 atom stereocenters. The Morgan fingerprint density at radius 2 is 1.70 bits per heavy atom. The van der Waals surface area contributed by atoms with Crippen molar-refractivity contribution in [1.29, 1.82) is 0 Å². The van der Waals surface area contributed by atoms with Crippen molar-refractivity contribution in [3.8, 4) is 5.75 Å². The predicted octanol–water partition coefficient (Wildman–Crippen LogP) is 6.87. The predicted molar refractivity (Wildman–Crippen MR) is 167 cm³/mol. The number of cyclic esters (lactones) is 1. The zero-order valence-corrected chi connectivity index (χ0v) is 25.4. The Kier molecular flexibility index (Phi) is 10.7. The summed E-state index contributed by atoms with van der Waals surface area (Å²) in [7, 11) is 0. The van der Waals surface area contributed by atoms with Crippen molar-refractivity contribution in [1.82, 2.24) is 4.90 Å². The van der Waals surface area contributed by atoms with E-state index in [0.29, 0.717) is 51.8 Å². The average molecular weight is 604 g/mol. The van der Waals surface area contributed by atoms with Crippen molar-refractivity contribution in [3.05, 3.63) is 89.5 Å². The second-order valence-corrected chi connectivity index (χ2v) is 11.3. The van der Waals surface area contributed by atoms with Gasteiger partial charge in [0, 0.05) is 43.9 Å². The molecule has 0 radical (unpaired) electrons. The lowest BCUT2D eigenvalue weighted by Gasteiger charge is -2.32. The molecule has 1 saturated heterocycles. The monoisotopic (exact) mass is 603 g/mol. The van der Waals surface area contributed by atoms with Crippen LogP contribution >= 0.6 is 0 Å². The van der Waals surface area contributed by atoms with Crippen LogP contribution in [0, 0.1) is 0 Å². The van der Waals surface area contributed by atoms with Crippen LogP contribution in [0.3, 0.4) is 0 Å². The van der Waals surface area contributed by atoms with Gasteiger partial charge in [0.05, 0.1) is 33.0 Å². The molecule has 2 heterocycles. The Hall–Kier alpha value is -4.12. The number of unbranched alkanes of at least 4 members (excludes halogenated alkanes) is 2. The lowest BCUT2D eigenvalue weighted by atomic mass is 10.0. The van der Waals surface area contributed by atoms with Gasteiger partial charge in [-0.1, -0.05) is 36.4 Å². The number of rotatable bonds is 14. The maximum atomic E-state index is 12.4. The minimum absolute atomic E-state index is 0.272. The molecule has 0 aliphatic carbocycles. The lowest BCUT2D eigenvalue weighted by molar-refractivity contribution is -0.180. The molecule has 5 rings (SSSR count). The van der Waals surface area contributed by atoms with Crippen LogP contribution in [0.15, 0.2) is 72.8 Å². The molecule has 0 aromatic heterocycles. The standard InChI is InChI=1S/C34H41N3O7/c1-34(2)42-24-27-21-26(14-15-30(27)44-34)31-22-37(33(39)43-31)16-7-4-8-17-40-18-19-41-23-25-10-9-13-29(20-25)36-32(38)35-28-11-5-3-6-12-28/h3,5-6,9-15,20-21,31H,4,7-8,16-19,22-24H2,1-2H3,(H2,35,36,38)/t31-/m0/s1. The fourth-order valence-corrected chi connectivity index (χ4v) is 5.07. The molecular formula is C34H41N3O7. The molecule has 10 heteroatoms. The van der Waals surface area contributed by atoms with E-state index in [2.05, 4.69) is 10.6 Å². The molecule has 3 aromatic carbocycles. The minimum Gasteiger partial charge on any atom is -0.463 e. The van der Waals surface area contributed by atoms with Crippen molar-refractivity contribution in [2.24, 2.45) is 0 Å². The zero-order valence-electron chi connectivity index (χ0n) is 25.4. The van der Waals surface area contributed by atoms with Gasteiger partial charge in [0.25, 0.3) is 0 Å². The topological polar surface area (TPSA) is 108 Å². The molecule has 0 saturated carbocycles. The zero-order chi connectivity index (χ0) is 30.8. The molecule has 0 bridgehead atoms. The molecule has 234 valence electrons. The SMILES string of the molecule is CC1(C)OCc2cc([C@@H]3CN(CCCCCOCCOCc4cccc(NC(=O)Nc5ccccc5)c4)C(=O)O3)ccc2O1. The van der Waals surface area contributed by atoms with Gasteiger partial charge in [-0.3, -0.25) is 0 Å². The van der Waals surface area contributed by atoms with E-state index in [1.165, 1.54) is 0 Å². The van der Waals surface area contributed by atoms with Crippen molar-refractivity contribution < 1.29 is 33.3 Å². The van der Waals surface area contributed by atoms with Crippen molar-refractivity contribution in [3.63, 3.8) is 0 Å². The van der Waals surface area contributed by atoms with Crippen molar-refractivity contribution >= 4 is 23.5 Å². The largest absolute Gasteiger partial charge is 0.463 e. The van der Waals surface area contributed by atoms with Gasteiger partial charge in [-0.25, -0.2) is 9.59 Å². The Labute approximate surface area is 258 Å². The Balaban J connectivity index is 0.906. The lowest BCUT2D eigenvalue weighted by Crippen LogP contribution is -2.35. The van der Waals surface area contributed by atoms with Crippen LogP contribution in [-0.2, 0) is 32.2 Å². The second-order valence-electron chi connectivity index (χ2n) is 11.3. The molecule has 3 aromatic rings. The maximum absolute atomic E-state index is 12.4. The smallest absolute Gasteiger partial charge is 0.410 e. The third kappa shape index (κ3) is 9.19. The third-order valence-electron chi connectivity index (χ3n) is 7.35. The van der Waals surface area contributed by atoms with Crippen molar-refractivity contribution in [2.75, 3.05) is 43.5 Å². The number of amides is 3. The van der Waals surface area contributed by atoms with Crippen LogP contribution in [0.4, 0.5) is 21.0 Å². The summed E-state index contributed by atoms with van der Waals surface area (Å²) >= 11 is 0. The average Bonchev–Trinajstić information content (AvgIpc) is 3.38. The van der Waals surface area contributed by atoms with Crippen LogP contribution < -0.4 is 15.4 Å². The van der Waals surface area contributed by atoms with Gasteiger partial charge in [0.15, 0.2) is 0 Å². The number of benzene rings is 3. The van der Waals surface area contributed by atoms with E-state index >= 15 is 0 Å². The van der Waals surface area contributed by atoms with Crippen LogP contribution in [0.5, 0.6) is 5.75 Å². The number of carbonyl (C=O) groups excluding carboxylic acids is 2. The Morgan fingerprint density at radius 3 is 2.57 bits per heavy atom. The number of hydrogen-bond acceptors (Lipinski definition) is 7. The van der Waals surface area contributed by atoms with E-state index in [0.717, 1.165) is 47.4 Å². The number of para-hydroxylation sites is 1. The summed E-state index contributed by atoms with van der Waals surface area (Å²) < 4.78 is 28.7. The molecule has 2 N–H and O–H groups in total. The second kappa shape index (κ2) is 15.1. The molecule has 0 unspecified atom stereocenters. The Bertz CT molecular complexity index is 1400. The highest BCUT2D eigenvalue weighted by molar-refractivity contribution is 5.99. The number of nitrogens with one attached hydrogen (secondary N) is 2. The van der Waals surface area contributed by atoms with E-state index in [-0.39, 0.29) is 18.2 Å². The fraction of sp³-hybridized carbons (Fsp3) is 0.412. The molecule has 0 spiro atoms. The van der Waals surface area contributed by atoms with Crippen LogP contribution in [-0.4, -0.2) is 55.7 Å². The fourth-order valence-electron chi connectivity index (χ4n) is 5.07. The van der Waals surface area contributed by atoms with Gasteiger partial charge >= 0.3 is 12.1 Å². The summed E-state index contributed by atoms with van der Waals surface area (Å²) in [6.45, 7) is 7.50. The van der Waals surface area contributed by atoms with Gasteiger partial charge in [-0.2, -0.15) is 0 Å². The van der Waals surface area contributed by atoms with E-state index in [4.69, 9.17) is 23.7 Å². The normalized spacial score (nSPS) is 17.0. The quantitative estimate of drug-likeness (QED) is 0.194. The summed E-state index contributed by atoms with van der Waals surface area (Å²) in [5.41, 5.74) is 4.31. The molecule has 2 aliphatic heterocycles. The van der Waals surface area contributed by atoms with Crippen LogP contribution in [0.2, 0.25) is 0 Å². The van der Waals surface area contributed by atoms with E-state index in [9.17, 15) is 9.59 Å². The van der Waals surface area contributed by atoms with Gasteiger partial charge in [-0.15, -0.1) is 0 Å². The molecule has 3 amide bonds. The van der Waals surface area contributed by atoms with Crippen LogP contribution in [0.1, 0.15) is 55.9 Å². The number of anilines is 2. The highest BCUT2D eigenvalue weighted by Gasteiger charge is 2.33. The molecule has 44 heavy (non-hydrogen) atoms. The summed E-state index contributed by atoms with van der Waals surface area (Å²) in [6, 6.07) is 22.5. The minimum atomic E-state index is -0.638. The molecule has 2 aliphatic rings. The number of fused-ring (bicyclic) bond motifs is 1. The molecule has 10 nitrogen and oxygen atoms in total. The first-order valence-corrected chi connectivity index (χ1v) is 15.1. The summed E-state index contributed by atoms with van der Waals surface area (Å²) in [5, 5.41) is 5.64. The van der Waals surface area contributed by atoms with Gasteiger partial charge in [0.1, 0.15) is 11.9 Å². The highest BCUT2D eigenvalue weighted by Crippen LogP contribution is 2.35. The van der Waals surface area contributed by atoms with Crippen LogP contribution in [0.25, 0.3) is 0 Å². The number of urea groups is 1. The number of nitrogens with zero attached hydrogens (tertiary/aromatic N) is 1. The Morgan fingerprint density at radius 1 is 0.909 bits per heavy atom. The molecule has 1 fully saturated rings. The summed E-state index contributed by atoms with van der Waals surface area (Å²) in [5.74, 6) is 0.172. The maximum Gasteiger partial charge on any atom is 0.410 e. The summed E-state index contributed by atoms with van der Waals surface area (Å²) in [4.78, 5) is 26.4. The van der Waals surface area contributed by atoms with Crippen molar-refractivity contribution in [2.45, 2.75) is 58.2 Å². The first kappa shape index (κ1) is 31.3.